The maximum Gasteiger partial charge on any atom is 0.317 e. The molecule has 2 saturated heterocycles. The Kier molecular flexibility index (Phi) is 3.54. The smallest absolute Gasteiger partial charge is 0.317 e. The summed E-state index contributed by atoms with van der Waals surface area (Å²) >= 11 is 0. The van der Waals surface area contributed by atoms with Gasteiger partial charge in [-0.2, -0.15) is 0 Å². The number of ether oxygens (including phenoxy) is 1. The van der Waals surface area contributed by atoms with E-state index in [0.29, 0.717) is 12.8 Å². The molecule has 5 rings (SSSR count). The van der Waals surface area contributed by atoms with Crippen LogP contribution in [0.2, 0.25) is 0 Å². The monoisotopic (exact) mass is 356 g/mol. The van der Waals surface area contributed by atoms with Crippen LogP contribution in [0.15, 0.2) is 30.3 Å². The van der Waals surface area contributed by atoms with Gasteiger partial charge in [-0.15, -0.1) is 0 Å². The quantitative estimate of drug-likeness (QED) is 0.872. The van der Waals surface area contributed by atoms with E-state index < -0.39 is 11.4 Å². The zero-order chi connectivity index (χ0) is 17.9. The Morgan fingerprint density at radius 3 is 2.73 bits per heavy atom. The number of carboxylic acids is 1. The Bertz CT molecular complexity index is 739. The zero-order valence-electron chi connectivity index (χ0n) is 14.6. The largest absolute Gasteiger partial charge is 0.481 e. The number of carboxylic acid groups (broad SMARTS) is 1. The van der Waals surface area contributed by atoms with E-state index in [1.54, 1.807) is 0 Å². The fourth-order valence-corrected chi connectivity index (χ4v) is 5.28. The second-order valence-electron chi connectivity index (χ2n) is 8.24. The number of nitrogens with one attached hydrogen (secondary N) is 1. The summed E-state index contributed by atoms with van der Waals surface area (Å²) in [5, 5.41) is 12.3. The highest BCUT2D eigenvalue weighted by molar-refractivity contribution is 5.82. The van der Waals surface area contributed by atoms with Gasteiger partial charge in [0.05, 0.1) is 23.7 Å². The van der Waals surface area contributed by atoms with Crippen molar-refractivity contribution >= 4 is 12.0 Å². The average molecular weight is 356 g/mol. The molecule has 2 aliphatic heterocycles. The lowest BCUT2D eigenvalue weighted by atomic mass is 9.80. The van der Waals surface area contributed by atoms with Crippen LogP contribution in [0.25, 0.3) is 0 Å². The van der Waals surface area contributed by atoms with E-state index in [9.17, 15) is 14.7 Å². The SMILES string of the molecule is O=C(N[C@H]1C[C@@]2(C(=O)O)C[C@@H]12)N1CCC[C@@H]2O[C@H](c3ccccc3)C[C@@H]21. The molecule has 1 aromatic carbocycles. The first kappa shape index (κ1) is 16.1. The highest BCUT2D eigenvalue weighted by Gasteiger charge is 2.72. The molecule has 2 saturated carbocycles. The van der Waals surface area contributed by atoms with Gasteiger partial charge < -0.3 is 20.1 Å². The summed E-state index contributed by atoms with van der Waals surface area (Å²) in [7, 11) is 0. The maximum atomic E-state index is 12.8. The second kappa shape index (κ2) is 5.71. The van der Waals surface area contributed by atoms with Crippen LogP contribution in [0.1, 0.15) is 43.8 Å². The van der Waals surface area contributed by atoms with Gasteiger partial charge in [0, 0.05) is 19.0 Å². The standard InChI is InChI=1S/C20H24N2O4/c23-18(24)20-10-13(20)14(11-20)21-19(25)22-8-4-7-16-15(22)9-17(26-16)12-5-2-1-3-6-12/h1-3,5-6,13-17H,4,7-11H2,(H,21,25)(H,23,24)/t13-,14-,15-,16-,17-,20-/m0/s1. The van der Waals surface area contributed by atoms with Crippen LogP contribution in [-0.4, -0.2) is 46.7 Å². The van der Waals surface area contributed by atoms with E-state index in [1.807, 2.05) is 23.1 Å². The van der Waals surface area contributed by atoms with Crippen LogP contribution in [0, 0.1) is 11.3 Å². The first-order chi connectivity index (χ1) is 12.6. The van der Waals surface area contributed by atoms with E-state index in [0.717, 1.165) is 25.8 Å². The lowest BCUT2D eigenvalue weighted by Crippen LogP contribution is -2.57. The predicted octanol–water partition coefficient (Wildman–Crippen LogP) is 2.55. The Hall–Kier alpha value is -2.08. The molecule has 138 valence electrons. The zero-order valence-corrected chi connectivity index (χ0v) is 14.6. The Morgan fingerprint density at radius 2 is 2.04 bits per heavy atom. The summed E-state index contributed by atoms with van der Waals surface area (Å²) in [4.78, 5) is 26.0. The number of aliphatic carboxylic acids is 1. The van der Waals surface area contributed by atoms with Crippen molar-refractivity contribution in [3.05, 3.63) is 35.9 Å². The molecule has 2 aliphatic carbocycles. The normalized spacial score (nSPS) is 40.2. The van der Waals surface area contributed by atoms with Gasteiger partial charge in [0.15, 0.2) is 0 Å². The molecule has 2 amide bonds. The van der Waals surface area contributed by atoms with Crippen molar-refractivity contribution in [3.63, 3.8) is 0 Å². The van der Waals surface area contributed by atoms with Crippen LogP contribution >= 0.6 is 0 Å². The third-order valence-corrected chi connectivity index (χ3v) is 6.88. The first-order valence-electron chi connectivity index (χ1n) is 9.59. The number of rotatable bonds is 3. The van der Waals surface area contributed by atoms with Crippen molar-refractivity contribution in [2.75, 3.05) is 6.54 Å². The molecule has 6 heteroatoms. The molecule has 0 radical (unpaired) electrons. The number of likely N-dealkylation sites (tertiary alicyclic amines) is 1. The number of nitrogens with zero attached hydrogens (tertiary/aromatic N) is 1. The summed E-state index contributed by atoms with van der Waals surface area (Å²) < 4.78 is 6.25. The molecule has 0 bridgehead atoms. The van der Waals surface area contributed by atoms with Gasteiger partial charge in [-0.3, -0.25) is 4.79 Å². The summed E-state index contributed by atoms with van der Waals surface area (Å²) in [6, 6.07) is 10.3. The molecule has 4 fully saturated rings. The number of fused-ring (bicyclic) bond motifs is 2. The Balaban J connectivity index is 1.24. The fourth-order valence-electron chi connectivity index (χ4n) is 5.28. The van der Waals surface area contributed by atoms with Gasteiger partial charge >= 0.3 is 12.0 Å². The molecule has 0 aromatic heterocycles. The van der Waals surface area contributed by atoms with Crippen molar-refractivity contribution in [1.29, 1.82) is 0 Å². The number of urea groups is 1. The molecule has 0 unspecified atom stereocenters. The number of hydrogen-bond donors (Lipinski definition) is 2. The molecule has 6 nitrogen and oxygen atoms in total. The molecular formula is C20H24N2O4. The second-order valence-corrected chi connectivity index (χ2v) is 8.24. The molecule has 26 heavy (non-hydrogen) atoms. The molecule has 6 atom stereocenters. The van der Waals surface area contributed by atoms with Crippen molar-refractivity contribution in [2.24, 2.45) is 11.3 Å². The lowest BCUT2D eigenvalue weighted by molar-refractivity contribution is -0.147. The highest BCUT2D eigenvalue weighted by Crippen LogP contribution is 2.67. The van der Waals surface area contributed by atoms with Gasteiger partial charge in [0.1, 0.15) is 0 Å². The predicted molar refractivity (Wildman–Crippen MR) is 93.5 cm³/mol. The minimum absolute atomic E-state index is 0.0196. The van der Waals surface area contributed by atoms with Crippen molar-refractivity contribution in [3.8, 4) is 0 Å². The van der Waals surface area contributed by atoms with E-state index in [-0.39, 0.29) is 36.2 Å². The maximum absolute atomic E-state index is 12.8. The molecule has 4 aliphatic rings. The van der Waals surface area contributed by atoms with E-state index in [2.05, 4.69) is 17.4 Å². The molecular weight excluding hydrogens is 332 g/mol. The van der Waals surface area contributed by atoms with E-state index in [1.165, 1.54) is 5.56 Å². The topological polar surface area (TPSA) is 78.9 Å². The summed E-state index contributed by atoms with van der Waals surface area (Å²) in [6.07, 6.45) is 4.19. The lowest BCUT2D eigenvalue weighted by Gasteiger charge is -2.39. The number of benzene rings is 1. The fraction of sp³-hybridized carbons (Fsp3) is 0.600. The number of carbonyl (C=O) groups excluding carboxylic acids is 1. The van der Waals surface area contributed by atoms with Gasteiger partial charge in [-0.05, 0) is 37.2 Å². The average Bonchev–Trinajstić information content (AvgIpc) is 3.04. The number of hydrogen-bond acceptors (Lipinski definition) is 3. The van der Waals surface area contributed by atoms with Crippen molar-refractivity contribution in [1.82, 2.24) is 10.2 Å². The van der Waals surface area contributed by atoms with Crippen LogP contribution in [0.3, 0.4) is 0 Å². The van der Waals surface area contributed by atoms with Crippen LogP contribution in [0.4, 0.5) is 4.79 Å². The van der Waals surface area contributed by atoms with Crippen LogP contribution < -0.4 is 5.32 Å². The van der Waals surface area contributed by atoms with Gasteiger partial charge in [0.2, 0.25) is 0 Å². The number of amides is 2. The summed E-state index contributed by atoms with van der Waals surface area (Å²) in [5.74, 6) is -0.581. The third kappa shape index (κ3) is 2.35. The Labute approximate surface area is 152 Å². The molecule has 0 spiro atoms. The third-order valence-electron chi connectivity index (χ3n) is 6.88. The molecule has 2 N–H and O–H groups in total. The van der Waals surface area contributed by atoms with Crippen LogP contribution in [-0.2, 0) is 9.53 Å². The molecule has 1 aromatic rings. The van der Waals surface area contributed by atoms with E-state index >= 15 is 0 Å². The summed E-state index contributed by atoms with van der Waals surface area (Å²) in [6.45, 7) is 0.749. The van der Waals surface area contributed by atoms with Crippen molar-refractivity contribution in [2.45, 2.75) is 56.4 Å². The first-order valence-corrected chi connectivity index (χ1v) is 9.59. The summed E-state index contributed by atoms with van der Waals surface area (Å²) in [5.41, 5.74) is 0.641. The minimum atomic E-state index is -0.707. The van der Waals surface area contributed by atoms with E-state index in [4.69, 9.17) is 4.74 Å². The van der Waals surface area contributed by atoms with Gasteiger partial charge in [0.25, 0.3) is 0 Å². The minimum Gasteiger partial charge on any atom is -0.481 e. The highest BCUT2D eigenvalue weighted by atomic mass is 16.5. The van der Waals surface area contributed by atoms with Crippen LogP contribution in [0.5, 0.6) is 0 Å². The van der Waals surface area contributed by atoms with Gasteiger partial charge in [-0.1, -0.05) is 30.3 Å². The Morgan fingerprint density at radius 1 is 1.23 bits per heavy atom. The van der Waals surface area contributed by atoms with Gasteiger partial charge in [-0.25, -0.2) is 4.79 Å². The number of carbonyl (C=O) groups is 2. The number of piperidine rings is 1. The molecule has 2 heterocycles. The van der Waals surface area contributed by atoms with Crippen molar-refractivity contribution < 1.29 is 19.4 Å².